The lowest BCUT2D eigenvalue weighted by molar-refractivity contribution is -0.00662. The highest BCUT2D eigenvalue weighted by Gasteiger charge is 2.25. The van der Waals surface area contributed by atoms with Crippen LogP contribution in [-0.4, -0.2) is 29.8 Å². The van der Waals surface area contributed by atoms with Crippen molar-refractivity contribution in [2.45, 2.75) is 20.0 Å². The number of nitrogens with zero attached hydrogens (tertiary/aromatic N) is 2. The summed E-state index contributed by atoms with van der Waals surface area (Å²) in [6, 6.07) is 8.22. The average Bonchev–Trinajstić information content (AvgIpc) is 2.71. The van der Waals surface area contributed by atoms with Crippen LogP contribution in [0.25, 0.3) is 0 Å². The van der Waals surface area contributed by atoms with E-state index in [4.69, 9.17) is 4.74 Å². The Kier molecular flexibility index (Phi) is 3.10. The van der Waals surface area contributed by atoms with E-state index in [1.54, 1.807) is 12.1 Å². The first kappa shape index (κ1) is 11.0. The summed E-state index contributed by atoms with van der Waals surface area (Å²) < 4.78 is 4.96. The maximum Gasteiger partial charge on any atom is 0.424 e. The number of carbonyl (C=O) groups excluding carboxylic acids is 1. The molecular formula is C12H16N2O2. The van der Waals surface area contributed by atoms with Gasteiger partial charge in [0.1, 0.15) is 0 Å². The molecule has 2 rings (SSSR count). The molecular weight excluding hydrogens is 204 g/mol. The third-order valence-corrected chi connectivity index (χ3v) is 2.78. The van der Waals surface area contributed by atoms with Gasteiger partial charge in [0, 0.05) is 20.1 Å². The number of hydrazine groups is 1. The lowest BCUT2D eigenvalue weighted by Crippen LogP contribution is -2.40. The zero-order valence-electron chi connectivity index (χ0n) is 9.64. The summed E-state index contributed by atoms with van der Waals surface area (Å²) >= 11 is 0. The summed E-state index contributed by atoms with van der Waals surface area (Å²) in [7, 11) is 1.74. The van der Waals surface area contributed by atoms with Gasteiger partial charge in [0.15, 0.2) is 0 Å². The average molecular weight is 220 g/mol. The molecule has 0 N–H and O–H groups in total. The predicted molar refractivity (Wildman–Crippen MR) is 60.5 cm³/mol. The Morgan fingerprint density at radius 3 is 2.44 bits per heavy atom. The number of hydrogen-bond acceptors (Lipinski definition) is 3. The zero-order valence-corrected chi connectivity index (χ0v) is 9.64. The zero-order chi connectivity index (χ0) is 11.5. The van der Waals surface area contributed by atoms with Crippen LogP contribution in [0.3, 0.4) is 0 Å². The van der Waals surface area contributed by atoms with Gasteiger partial charge in [-0.15, -0.1) is 0 Å². The molecule has 0 atom stereocenters. The molecule has 0 radical (unpaired) electrons. The van der Waals surface area contributed by atoms with Crippen LogP contribution < -0.4 is 0 Å². The van der Waals surface area contributed by atoms with Crippen LogP contribution in [0.2, 0.25) is 0 Å². The third-order valence-electron chi connectivity index (χ3n) is 2.78. The maximum atomic E-state index is 11.5. The van der Waals surface area contributed by atoms with E-state index in [0.29, 0.717) is 6.61 Å². The summed E-state index contributed by atoms with van der Waals surface area (Å²) in [5, 5.41) is 3.52. The normalized spacial score (nSPS) is 14.6. The molecule has 0 aliphatic carbocycles. The van der Waals surface area contributed by atoms with Crippen LogP contribution in [0.5, 0.6) is 0 Å². The maximum absolute atomic E-state index is 11.5. The molecule has 0 unspecified atom stereocenters. The van der Waals surface area contributed by atoms with E-state index in [0.717, 1.165) is 13.1 Å². The fraction of sp³-hybridized carbons (Fsp3) is 0.417. The molecule has 1 heterocycles. The molecule has 4 heteroatoms. The molecule has 0 saturated heterocycles. The van der Waals surface area contributed by atoms with E-state index >= 15 is 0 Å². The highest BCUT2D eigenvalue weighted by molar-refractivity contribution is 5.66. The fourth-order valence-corrected chi connectivity index (χ4v) is 1.86. The summed E-state index contributed by atoms with van der Waals surface area (Å²) in [5.74, 6) is 0. The van der Waals surface area contributed by atoms with Crippen LogP contribution in [0.15, 0.2) is 24.3 Å². The van der Waals surface area contributed by atoms with Crippen molar-refractivity contribution >= 4 is 6.09 Å². The molecule has 0 fully saturated rings. The van der Waals surface area contributed by atoms with E-state index in [1.165, 1.54) is 11.1 Å². The van der Waals surface area contributed by atoms with E-state index in [1.807, 2.05) is 24.1 Å². The molecule has 1 aromatic carbocycles. The molecule has 0 spiro atoms. The molecule has 86 valence electrons. The van der Waals surface area contributed by atoms with Gasteiger partial charge in [0.2, 0.25) is 0 Å². The molecule has 0 aromatic heterocycles. The number of carbonyl (C=O) groups is 1. The Labute approximate surface area is 95.4 Å². The van der Waals surface area contributed by atoms with Gasteiger partial charge >= 0.3 is 6.09 Å². The molecule has 1 amide bonds. The number of ether oxygens (including phenoxy) is 1. The van der Waals surface area contributed by atoms with Gasteiger partial charge in [-0.2, -0.15) is 0 Å². The summed E-state index contributed by atoms with van der Waals surface area (Å²) in [6.45, 7) is 3.76. The van der Waals surface area contributed by atoms with Gasteiger partial charge in [0.25, 0.3) is 0 Å². The second-order valence-electron chi connectivity index (χ2n) is 3.81. The van der Waals surface area contributed by atoms with Crippen LogP contribution in [-0.2, 0) is 17.8 Å². The van der Waals surface area contributed by atoms with Crippen molar-refractivity contribution in [1.29, 1.82) is 0 Å². The Morgan fingerprint density at radius 1 is 1.38 bits per heavy atom. The Morgan fingerprint density at radius 2 is 1.94 bits per heavy atom. The van der Waals surface area contributed by atoms with Gasteiger partial charge in [-0.3, -0.25) is 0 Å². The number of hydrogen-bond donors (Lipinski definition) is 0. The van der Waals surface area contributed by atoms with Gasteiger partial charge in [-0.25, -0.2) is 14.8 Å². The van der Waals surface area contributed by atoms with E-state index in [9.17, 15) is 4.79 Å². The van der Waals surface area contributed by atoms with Crippen molar-refractivity contribution in [1.82, 2.24) is 10.0 Å². The monoisotopic (exact) mass is 220 g/mol. The van der Waals surface area contributed by atoms with Crippen molar-refractivity contribution in [3.8, 4) is 0 Å². The molecule has 0 saturated carbocycles. The van der Waals surface area contributed by atoms with Gasteiger partial charge in [0.05, 0.1) is 6.61 Å². The Balaban J connectivity index is 2.03. The summed E-state index contributed by atoms with van der Waals surface area (Å²) in [4.78, 5) is 11.5. The van der Waals surface area contributed by atoms with Crippen molar-refractivity contribution in [3.63, 3.8) is 0 Å². The first-order chi connectivity index (χ1) is 7.72. The van der Waals surface area contributed by atoms with Gasteiger partial charge in [-0.1, -0.05) is 24.3 Å². The van der Waals surface area contributed by atoms with Gasteiger partial charge < -0.3 is 4.74 Å². The largest absolute Gasteiger partial charge is 0.449 e. The molecule has 1 aliphatic heterocycles. The molecule has 4 nitrogen and oxygen atoms in total. The first-order valence-electron chi connectivity index (χ1n) is 5.44. The third kappa shape index (κ3) is 2.02. The number of amides is 1. The smallest absolute Gasteiger partial charge is 0.424 e. The lowest BCUT2D eigenvalue weighted by atomic mass is 10.1. The Hall–Kier alpha value is -1.55. The molecule has 1 aliphatic rings. The molecule has 1 aromatic rings. The predicted octanol–water partition coefficient (Wildman–Crippen LogP) is 2.01. The minimum atomic E-state index is -0.296. The number of fused-ring (bicyclic) bond motifs is 1. The second-order valence-corrected chi connectivity index (χ2v) is 3.81. The topological polar surface area (TPSA) is 32.8 Å². The summed E-state index contributed by atoms with van der Waals surface area (Å²) in [5.41, 5.74) is 2.55. The summed E-state index contributed by atoms with van der Waals surface area (Å²) in [6.07, 6.45) is -0.296. The van der Waals surface area contributed by atoms with Gasteiger partial charge in [-0.05, 0) is 18.1 Å². The fourth-order valence-electron chi connectivity index (χ4n) is 1.86. The SMILES string of the molecule is CCOC(=O)N(C)N1Cc2ccccc2C1. The van der Waals surface area contributed by atoms with Crippen LogP contribution >= 0.6 is 0 Å². The quantitative estimate of drug-likeness (QED) is 0.764. The molecule has 16 heavy (non-hydrogen) atoms. The number of benzene rings is 1. The second kappa shape index (κ2) is 4.53. The highest BCUT2D eigenvalue weighted by atomic mass is 16.6. The van der Waals surface area contributed by atoms with Crippen LogP contribution in [0.4, 0.5) is 4.79 Å². The van der Waals surface area contributed by atoms with Crippen molar-refractivity contribution < 1.29 is 9.53 Å². The first-order valence-corrected chi connectivity index (χ1v) is 5.44. The highest BCUT2D eigenvalue weighted by Crippen LogP contribution is 2.23. The number of rotatable bonds is 2. The van der Waals surface area contributed by atoms with Crippen molar-refractivity contribution in [3.05, 3.63) is 35.4 Å². The minimum absolute atomic E-state index is 0.296. The van der Waals surface area contributed by atoms with Crippen molar-refractivity contribution in [2.24, 2.45) is 0 Å². The standard InChI is InChI=1S/C12H16N2O2/c1-3-16-12(15)13(2)14-8-10-6-4-5-7-11(10)9-14/h4-7H,3,8-9H2,1-2H3. The van der Waals surface area contributed by atoms with E-state index in [2.05, 4.69) is 12.1 Å². The van der Waals surface area contributed by atoms with E-state index in [-0.39, 0.29) is 6.09 Å². The van der Waals surface area contributed by atoms with Crippen molar-refractivity contribution in [2.75, 3.05) is 13.7 Å². The minimum Gasteiger partial charge on any atom is -0.449 e. The lowest BCUT2D eigenvalue weighted by Gasteiger charge is -2.26. The van der Waals surface area contributed by atoms with E-state index < -0.39 is 0 Å². The molecule has 0 bridgehead atoms. The Bertz CT molecular complexity index is 367. The van der Waals surface area contributed by atoms with Crippen LogP contribution in [0.1, 0.15) is 18.1 Å². The van der Waals surface area contributed by atoms with Crippen LogP contribution in [0, 0.1) is 0 Å².